The van der Waals surface area contributed by atoms with Gasteiger partial charge in [-0.05, 0) is 19.9 Å². The second-order valence-corrected chi connectivity index (χ2v) is 3.77. The third kappa shape index (κ3) is 2.42. The molecule has 0 aliphatic carbocycles. The highest BCUT2D eigenvalue weighted by atomic mass is 15.0. The number of hydrogen-bond acceptors (Lipinski definition) is 4. The van der Waals surface area contributed by atoms with E-state index in [0.29, 0.717) is 12.1 Å². The Hall–Kier alpha value is -2.35. The summed E-state index contributed by atoms with van der Waals surface area (Å²) < 4.78 is 0. The van der Waals surface area contributed by atoms with Crippen molar-refractivity contribution in [2.45, 2.75) is 20.4 Å². The lowest BCUT2D eigenvalue weighted by atomic mass is 10.1. The molecule has 0 radical (unpaired) electrons. The Kier molecular flexibility index (Phi) is 3.06. The number of aromatic amines is 1. The lowest BCUT2D eigenvalue weighted by molar-refractivity contribution is 0.992. The quantitative estimate of drug-likeness (QED) is 0.839. The summed E-state index contributed by atoms with van der Waals surface area (Å²) in [6.07, 6.45) is 3.47. The number of nitriles is 1. The van der Waals surface area contributed by atoms with Crippen LogP contribution in [0.5, 0.6) is 0 Å². The van der Waals surface area contributed by atoms with E-state index >= 15 is 0 Å². The van der Waals surface area contributed by atoms with Gasteiger partial charge < -0.3 is 10.3 Å². The largest absolute Gasteiger partial charge is 0.377 e. The maximum atomic E-state index is 9.09. The highest BCUT2D eigenvalue weighted by Gasteiger charge is 2.07. The van der Waals surface area contributed by atoms with Crippen molar-refractivity contribution >= 4 is 5.69 Å². The topological polar surface area (TPSA) is 77.4 Å². The van der Waals surface area contributed by atoms with Crippen molar-refractivity contribution in [3.05, 3.63) is 41.2 Å². The Morgan fingerprint density at radius 1 is 1.47 bits per heavy atom. The van der Waals surface area contributed by atoms with E-state index in [2.05, 4.69) is 26.3 Å². The Balaban J connectivity index is 2.23. The van der Waals surface area contributed by atoms with E-state index in [4.69, 9.17) is 5.26 Å². The molecule has 0 aromatic carbocycles. The number of rotatable bonds is 3. The fourth-order valence-corrected chi connectivity index (χ4v) is 1.68. The van der Waals surface area contributed by atoms with E-state index in [-0.39, 0.29) is 0 Å². The van der Waals surface area contributed by atoms with Crippen LogP contribution in [0.1, 0.15) is 22.8 Å². The van der Waals surface area contributed by atoms with Crippen LogP contribution in [-0.2, 0) is 6.54 Å². The number of aryl methyl sites for hydroxylation is 2. The molecule has 2 aromatic heterocycles. The van der Waals surface area contributed by atoms with Gasteiger partial charge in [0.1, 0.15) is 11.9 Å². The molecule has 0 amide bonds. The Morgan fingerprint density at radius 3 is 2.94 bits per heavy atom. The molecule has 0 atom stereocenters. The Labute approximate surface area is 99.5 Å². The molecule has 17 heavy (non-hydrogen) atoms. The number of anilines is 1. The monoisotopic (exact) mass is 227 g/mol. The molecule has 86 valence electrons. The predicted molar refractivity (Wildman–Crippen MR) is 64.3 cm³/mol. The lowest BCUT2D eigenvalue weighted by Crippen LogP contribution is -2.05. The van der Waals surface area contributed by atoms with E-state index < -0.39 is 0 Å². The van der Waals surface area contributed by atoms with Crippen LogP contribution in [0.3, 0.4) is 0 Å². The number of nitrogens with one attached hydrogen (secondary N) is 2. The molecule has 0 aliphatic heterocycles. The number of aromatic nitrogens is 3. The Morgan fingerprint density at radius 2 is 2.29 bits per heavy atom. The molecule has 2 rings (SSSR count). The first kappa shape index (κ1) is 11.1. The average Bonchev–Trinajstić information content (AvgIpc) is 2.78. The maximum Gasteiger partial charge on any atom is 0.125 e. The zero-order chi connectivity index (χ0) is 12.3. The van der Waals surface area contributed by atoms with Crippen LogP contribution in [0.25, 0.3) is 0 Å². The number of hydrogen-bond donors (Lipinski definition) is 2. The van der Waals surface area contributed by atoms with Gasteiger partial charge >= 0.3 is 0 Å². The van der Waals surface area contributed by atoms with Gasteiger partial charge in [0.25, 0.3) is 0 Å². The average molecular weight is 227 g/mol. The molecule has 0 spiro atoms. The minimum atomic E-state index is 0.560. The SMILES string of the molecule is Cc1cc(NCc2ncc[nH]2)c(C#N)c(C)n1. The predicted octanol–water partition coefficient (Wildman–Crippen LogP) is 1.91. The van der Waals surface area contributed by atoms with Gasteiger partial charge in [-0.1, -0.05) is 0 Å². The van der Waals surface area contributed by atoms with Crippen LogP contribution >= 0.6 is 0 Å². The molecule has 0 fully saturated rings. The van der Waals surface area contributed by atoms with Gasteiger partial charge in [-0.25, -0.2) is 4.98 Å². The summed E-state index contributed by atoms with van der Waals surface area (Å²) in [6, 6.07) is 4.04. The van der Waals surface area contributed by atoms with Gasteiger partial charge in [-0.3, -0.25) is 4.98 Å². The van der Waals surface area contributed by atoms with E-state index in [1.165, 1.54) is 0 Å². The molecular formula is C12H13N5. The number of imidazole rings is 1. The van der Waals surface area contributed by atoms with E-state index in [1.807, 2.05) is 19.9 Å². The summed E-state index contributed by atoms with van der Waals surface area (Å²) in [7, 11) is 0. The fraction of sp³-hybridized carbons (Fsp3) is 0.250. The highest BCUT2D eigenvalue weighted by molar-refractivity contribution is 5.59. The minimum absolute atomic E-state index is 0.560. The summed E-state index contributed by atoms with van der Waals surface area (Å²) >= 11 is 0. The van der Waals surface area contributed by atoms with Crippen LogP contribution < -0.4 is 5.32 Å². The number of nitrogens with zero attached hydrogens (tertiary/aromatic N) is 3. The van der Waals surface area contributed by atoms with Crippen molar-refractivity contribution in [1.82, 2.24) is 15.0 Å². The number of H-pyrrole nitrogens is 1. The van der Waals surface area contributed by atoms with Gasteiger partial charge in [0.05, 0.1) is 23.5 Å². The second-order valence-electron chi connectivity index (χ2n) is 3.77. The van der Waals surface area contributed by atoms with Crippen LogP contribution in [0, 0.1) is 25.2 Å². The van der Waals surface area contributed by atoms with Crippen molar-refractivity contribution < 1.29 is 0 Å². The molecule has 0 unspecified atom stereocenters. The zero-order valence-electron chi connectivity index (χ0n) is 9.78. The van der Waals surface area contributed by atoms with Gasteiger partial charge in [0.2, 0.25) is 0 Å². The van der Waals surface area contributed by atoms with Crippen LogP contribution in [0.2, 0.25) is 0 Å². The third-order valence-electron chi connectivity index (χ3n) is 2.44. The molecule has 2 N–H and O–H groups in total. The molecule has 2 heterocycles. The van der Waals surface area contributed by atoms with Gasteiger partial charge in [-0.15, -0.1) is 0 Å². The summed E-state index contributed by atoms with van der Waals surface area (Å²) in [6.45, 7) is 4.31. The van der Waals surface area contributed by atoms with Gasteiger partial charge in [0, 0.05) is 18.1 Å². The van der Waals surface area contributed by atoms with Gasteiger partial charge in [0.15, 0.2) is 0 Å². The lowest BCUT2D eigenvalue weighted by Gasteiger charge is -2.09. The summed E-state index contributed by atoms with van der Waals surface area (Å²) in [5.41, 5.74) is 3.02. The summed E-state index contributed by atoms with van der Waals surface area (Å²) in [4.78, 5) is 11.4. The van der Waals surface area contributed by atoms with Crippen molar-refractivity contribution in [3.63, 3.8) is 0 Å². The highest BCUT2D eigenvalue weighted by Crippen LogP contribution is 2.18. The van der Waals surface area contributed by atoms with Crippen molar-refractivity contribution in [2.24, 2.45) is 0 Å². The first-order valence-corrected chi connectivity index (χ1v) is 5.31. The molecular weight excluding hydrogens is 214 g/mol. The van der Waals surface area contributed by atoms with Crippen molar-refractivity contribution in [2.75, 3.05) is 5.32 Å². The van der Waals surface area contributed by atoms with Gasteiger partial charge in [-0.2, -0.15) is 5.26 Å². The van der Waals surface area contributed by atoms with E-state index in [0.717, 1.165) is 22.9 Å². The zero-order valence-corrected chi connectivity index (χ0v) is 9.78. The first-order valence-electron chi connectivity index (χ1n) is 5.31. The molecule has 5 heteroatoms. The Bertz CT molecular complexity index is 551. The van der Waals surface area contributed by atoms with Crippen LogP contribution in [-0.4, -0.2) is 15.0 Å². The summed E-state index contributed by atoms with van der Waals surface area (Å²) in [5.74, 6) is 0.834. The summed E-state index contributed by atoms with van der Waals surface area (Å²) in [5, 5.41) is 12.3. The maximum absolute atomic E-state index is 9.09. The minimum Gasteiger partial charge on any atom is -0.377 e. The molecule has 5 nitrogen and oxygen atoms in total. The fourth-order valence-electron chi connectivity index (χ4n) is 1.68. The number of pyridine rings is 1. The molecule has 0 bridgehead atoms. The molecule has 2 aromatic rings. The van der Waals surface area contributed by atoms with Crippen molar-refractivity contribution in [3.8, 4) is 6.07 Å². The third-order valence-corrected chi connectivity index (χ3v) is 2.44. The first-order chi connectivity index (χ1) is 8.20. The van der Waals surface area contributed by atoms with Crippen LogP contribution in [0.4, 0.5) is 5.69 Å². The standard InChI is InChI=1S/C12H13N5/c1-8-5-11(10(6-13)9(2)17-8)16-7-12-14-3-4-15-12/h3-5H,7H2,1-2H3,(H,14,15)(H,16,17). The van der Waals surface area contributed by atoms with E-state index in [1.54, 1.807) is 12.4 Å². The smallest absolute Gasteiger partial charge is 0.125 e. The van der Waals surface area contributed by atoms with E-state index in [9.17, 15) is 0 Å². The molecule has 0 aliphatic rings. The molecule has 0 saturated heterocycles. The normalized spacial score (nSPS) is 9.94. The second kappa shape index (κ2) is 4.66. The van der Waals surface area contributed by atoms with Crippen molar-refractivity contribution in [1.29, 1.82) is 5.26 Å². The molecule has 0 saturated carbocycles. The van der Waals surface area contributed by atoms with Crippen LogP contribution in [0.15, 0.2) is 18.5 Å².